The maximum absolute atomic E-state index is 3.83. The Balaban J connectivity index is 2.04. The lowest BCUT2D eigenvalue weighted by Crippen LogP contribution is -2.73. The molecular formula is C7H9Br. The second-order valence-corrected chi connectivity index (χ2v) is 5.00. The van der Waals surface area contributed by atoms with E-state index in [1.807, 2.05) is 0 Å². The molecule has 0 bridgehead atoms. The summed E-state index contributed by atoms with van der Waals surface area (Å²) in [6, 6.07) is 0. The van der Waals surface area contributed by atoms with Crippen LogP contribution in [0.4, 0.5) is 0 Å². The summed E-state index contributed by atoms with van der Waals surface area (Å²) >= 11 is 3.83. The van der Waals surface area contributed by atoms with Crippen molar-refractivity contribution in [3.63, 3.8) is 0 Å². The summed E-state index contributed by atoms with van der Waals surface area (Å²) in [6.45, 7) is 0. The molecule has 1 heteroatoms. The first-order valence-electron chi connectivity index (χ1n) is 3.50. The molecule has 3 saturated carbocycles. The van der Waals surface area contributed by atoms with Crippen molar-refractivity contribution in [2.75, 3.05) is 0 Å². The summed E-state index contributed by atoms with van der Waals surface area (Å²) in [4.78, 5) is 0. The van der Waals surface area contributed by atoms with E-state index >= 15 is 0 Å². The minimum Gasteiger partial charge on any atom is -0.0844 e. The number of hydrogen-bond acceptors (Lipinski definition) is 0. The van der Waals surface area contributed by atoms with Crippen LogP contribution in [0, 0.1) is 17.8 Å². The lowest BCUT2D eigenvalue weighted by atomic mass is 9.36. The number of alkyl halides is 1. The van der Waals surface area contributed by atoms with Crippen LogP contribution >= 0.6 is 15.9 Å². The lowest BCUT2D eigenvalue weighted by molar-refractivity contribution is -0.152. The van der Waals surface area contributed by atoms with Gasteiger partial charge in [0, 0.05) is 4.32 Å². The summed E-state index contributed by atoms with van der Waals surface area (Å²) in [6.07, 6.45) is 4.63. The molecule has 3 fully saturated rings. The molecule has 44 valence electrons. The zero-order chi connectivity index (χ0) is 5.35. The Hall–Kier alpha value is 0.480. The van der Waals surface area contributed by atoms with Gasteiger partial charge in [0.1, 0.15) is 0 Å². The van der Waals surface area contributed by atoms with Crippen LogP contribution in [-0.2, 0) is 0 Å². The highest BCUT2D eigenvalue weighted by Crippen LogP contribution is 2.76. The van der Waals surface area contributed by atoms with Gasteiger partial charge in [0.15, 0.2) is 0 Å². The molecule has 0 N–H and O–H groups in total. The molecule has 0 aromatic heterocycles. The second kappa shape index (κ2) is 0.920. The van der Waals surface area contributed by atoms with Gasteiger partial charge in [-0.15, -0.1) is 0 Å². The van der Waals surface area contributed by atoms with E-state index in [1.165, 1.54) is 0 Å². The molecule has 0 radical (unpaired) electrons. The second-order valence-electron chi connectivity index (χ2n) is 3.63. The molecule has 0 unspecified atom stereocenters. The minimum atomic E-state index is 0.729. The van der Waals surface area contributed by atoms with Crippen LogP contribution in [0.15, 0.2) is 0 Å². The molecule has 3 rings (SSSR count). The predicted octanol–water partition coefficient (Wildman–Crippen LogP) is 2.18. The molecule has 0 spiro atoms. The topological polar surface area (TPSA) is 0 Å². The fourth-order valence-electron chi connectivity index (χ4n) is 2.92. The van der Waals surface area contributed by atoms with Gasteiger partial charge in [-0.25, -0.2) is 0 Å². The zero-order valence-corrected chi connectivity index (χ0v) is 6.32. The van der Waals surface area contributed by atoms with Crippen molar-refractivity contribution in [3.05, 3.63) is 0 Å². The third-order valence-electron chi connectivity index (χ3n) is 3.58. The highest BCUT2D eigenvalue weighted by Gasteiger charge is 2.72. The van der Waals surface area contributed by atoms with Crippen molar-refractivity contribution < 1.29 is 0 Å². The SMILES string of the molecule is BrC12C3CC1CC2C3. The Labute approximate surface area is 57.8 Å². The van der Waals surface area contributed by atoms with Gasteiger partial charge in [-0.05, 0) is 37.0 Å². The van der Waals surface area contributed by atoms with Crippen LogP contribution in [-0.4, -0.2) is 4.32 Å². The van der Waals surface area contributed by atoms with Crippen LogP contribution in [0.2, 0.25) is 0 Å². The molecule has 0 aliphatic heterocycles. The number of rotatable bonds is 0. The van der Waals surface area contributed by atoms with Crippen LogP contribution < -0.4 is 0 Å². The van der Waals surface area contributed by atoms with Gasteiger partial charge in [-0.3, -0.25) is 0 Å². The Morgan fingerprint density at radius 3 is 1.38 bits per heavy atom. The number of hydrogen-bond donors (Lipinski definition) is 0. The van der Waals surface area contributed by atoms with E-state index in [2.05, 4.69) is 15.9 Å². The van der Waals surface area contributed by atoms with Crippen molar-refractivity contribution in [1.82, 2.24) is 0 Å². The fourth-order valence-corrected chi connectivity index (χ4v) is 4.04. The predicted molar refractivity (Wildman–Crippen MR) is 36.0 cm³/mol. The molecule has 3 aliphatic carbocycles. The minimum absolute atomic E-state index is 0.729. The first-order chi connectivity index (χ1) is 3.82. The van der Waals surface area contributed by atoms with Crippen molar-refractivity contribution in [2.24, 2.45) is 17.8 Å². The van der Waals surface area contributed by atoms with Crippen LogP contribution in [0.3, 0.4) is 0 Å². The van der Waals surface area contributed by atoms with Gasteiger partial charge in [0.05, 0.1) is 0 Å². The van der Waals surface area contributed by atoms with E-state index in [0.29, 0.717) is 0 Å². The van der Waals surface area contributed by atoms with Crippen LogP contribution in [0.1, 0.15) is 19.3 Å². The molecule has 0 aromatic carbocycles. The average Bonchev–Trinajstić information content (AvgIpc) is 1.90. The van der Waals surface area contributed by atoms with E-state index in [0.717, 1.165) is 22.1 Å². The molecule has 0 nitrogen and oxygen atoms in total. The van der Waals surface area contributed by atoms with Gasteiger partial charge in [0.2, 0.25) is 0 Å². The first-order valence-corrected chi connectivity index (χ1v) is 4.30. The summed E-state index contributed by atoms with van der Waals surface area (Å²) < 4.78 is 0.729. The Bertz CT molecular complexity index is 120. The molecule has 0 amide bonds. The highest BCUT2D eigenvalue weighted by atomic mass is 79.9. The van der Waals surface area contributed by atoms with Crippen molar-refractivity contribution in [2.45, 2.75) is 23.6 Å². The van der Waals surface area contributed by atoms with E-state index in [1.54, 1.807) is 19.3 Å². The molecule has 0 aromatic rings. The zero-order valence-electron chi connectivity index (χ0n) is 4.73. The maximum atomic E-state index is 3.83. The Morgan fingerprint density at radius 1 is 1.00 bits per heavy atom. The summed E-state index contributed by atoms with van der Waals surface area (Å²) in [7, 11) is 0. The maximum Gasteiger partial charge on any atom is 0.0343 e. The molecule has 0 saturated heterocycles. The summed E-state index contributed by atoms with van der Waals surface area (Å²) in [5.74, 6) is 3.31. The third-order valence-corrected chi connectivity index (χ3v) is 5.53. The molecule has 0 heterocycles. The van der Waals surface area contributed by atoms with Gasteiger partial charge < -0.3 is 0 Å². The van der Waals surface area contributed by atoms with Gasteiger partial charge in [0.25, 0.3) is 0 Å². The lowest BCUT2D eigenvalue weighted by Gasteiger charge is -2.75. The fraction of sp³-hybridized carbons (Fsp3) is 1.00. The van der Waals surface area contributed by atoms with Crippen molar-refractivity contribution in [3.8, 4) is 0 Å². The third kappa shape index (κ3) is 0.209. The quantitative estimate of drug-likeness (QED) is 0.492. The molecule has 3 aliphatic rings. The van der Waals surface area contributed by atoms with Gasteiger partial charge in [-0.2, -0.15) is 0 Å². The van der Waals surface area contributed by atoms with E-state index in [9.17, 15) is 0 Å². The molecular weight excluding hydrogens is 164 g/mol. The smallest absolute Gasteiger partial charge is 0.0343 e. The summed E-state index contributed by atoms with van der Waals surface area (Å²) in [5.41, 5.74) is 0. The Kier molecular flexibility index (Phi) is 0.497. The Morgan fingerprint density at radius 2 is 1.38 bits per heavy atom. The van der Waals surface area contributed by atoms with E-state index < -0.39 is 0 Å². The standard InChI is InChI=1S/C7H9Br/c8-7-4-1-5(7)3-6(7)2-4/h4-6H,1-3H2. The summed E-state index contributed by atoms with van der Waals surface area (Å²) in [5, 5.41) is 0. The van der Waals surface area contributed by atoms with E-state index in [-0.39, 0.29) is 0 Å². The normalized spacial score (nSPS) is 73.9. The van der Waals surface area contributed by atoms with Gasteiger partial charge >= 0.3 is 0 Å². The monoisotopic (exact) mass is 172 g/mol. The first kappa shape index (κ1) is 4.32. The van der Waals surface area contributed by atoms with Crippen molar-refractivity contribution in [1.29, 1.82) is 0 Å². The highest BCUT2D eigenvalue weighted by molar-refractivity contribution is 9.10. The van der Waals surface area contributed by atoms with Crippen LogP contribution in [0.5, 0.6) is 0 Å². The van der Waals surface area contributed by atoms with E-state index in [4.69, 9.17) is 0 Å². The van der Waals surface area contributed by atoms with Crippen molar-refractivity contribution >= 4 is 15.9 Å². The molecule has 8 heavy (non-hydrogen) atoms. The van der Waals surface area contributed by atoms with Crippen LogP contribution in [0.25, 0.3) is 0 Å². The van der Waals surface area contributed by atoms with Gasteiger partial charge in [-0.1, -0.05) is 15.9 Å². The molecule has 0 atom stereocenters. The number of halogens is 1. The average molecular weight is 173 g/mol. The largest absolute Gasteiger partial charge is 0.0844 e.